The zero-order valence-corrected chi connectivity index (χ0v) is 7.77. The molecule has 0 aromatic rings. The van der Waals surface area contributed by atoms with Crippen LogP contribution >= 0.6 is 12.0 Å². The first kappa shape index (κ1) is 11.0. The largest absolute Gasteiger partial charge is 0.365 e. The second-order valence-corrected chi connectivity index (χ2v) is 2.91. The van der Waals surface area contributed by atoms with E-state index in [2.05, 4.69) is 0 Å². The van der Waals surface area contributed by atoms with Crippen molar-refractivity contribution < 1.29 is 8.98 Å². The molecule has 5 heteroatoms. The standard InChI is InChI=1S/C7H10N2O2S/c1-3-11-12-5(2)6(4-8)7(9)10/h3H2,1-2H3,(H2,9,10)/b6-5-. The lowest BCUT2D eigenvalue weighted by molar-refractivity contribution is -0.114. The van der Waals surface area contributed by atoms with Gasteiger partial charge in [-0.05, 0) is 13.8 Å². The molecule has 0 fully saturated rings. The maximum absolute atomic E-state index is 10.6. The molecule has 0 saturated carbocycles. The lowest BCUT2D eigenvalue weighted by Gasteiger charge is -2.00. The van der Waals surface area contributed by atoms with Crippen LogP contribution in [-0.2, 0) is 8.98 Å². The van der Waals surface area contributed by atoms with Crippen molar-refractivity contribution >= 4 is 17.9 Å². The maximum Gasteiger partial charge on any atom is 0.260 e. The molecular weight excluding hydrogens is 176 g/mol. The first-order valence-electron chi connectivity index (χ1n) is 3.33. The number of nitriles is 1. The predicted molar refractivity (Wildman–Crippen MR) is 46.7 cm³/mol. The smallest absolute Gasteiger partial charge is 0.260 e. The van der Waals surface area contributed by atoms with Gasteiger partial charge in [0.1, 0.15) is 11.6 Å². The number of carbonyl (C=O) groups is 1. The van der Waals surface area contributed by atoms with Crippen molar-refractivity contribution in [2.45, 2.75) is 13.8 Å². The molecule has 0 aliphatic heterocycles. The molecule has 0 aliphatic carbocycles. The number of hydrogen-bond acceptors (Lipinski definition) is 4. The molecule has 0 bridgehead atoms. The fourth-order valence-corrected chi connectivity index (χ4v) is 1.02. The van der Waals surface area contributed by atoms with Gasteiger partial charge in [0, 0.05) is 16.9 Å². The third-order valence-corrected chi connectivity index (χ3v) is 1.82. The van der Waals surface area contributed by atoms with Gasteiger partial charge in [0.25, 0.3) is 5.91 Å². The quantitative estimate of drug-likeness (QED) is 0.403. The summed E-state index contributed by atoms with van der Waals surface area (Å²) in [6.45, 7) is 3.94. The molecule has 0 heterocycles. The van der Waals surface area contributed by atoms with Crippen LogP contribution < -0.4 is 5.73 Å². The summed E-state index contributed by atoms with van der Waals surface area (Å²) in [5, 5.41) is 8.49. The third-order valence-electron chi connectivity index (χ3n) is 1.01. The molecule has 4 nitrogen and oxygen atoms in total. The topological polar surface area (TPSA) is 76.1 Å². The molecule has 0 unspecified atom stereocenters. The van der Waals surface area contributed by atoms with Gasteiger partial charge < -0.3 is 9.92 Å². The van der Waals surface area contributed by atoms with Crippen LogP contribution in [0.2, 0.25) is 0 Å². The van der Waals surface area contributed by atoms with E-state index in [0.717, 1.165) is 12.0 Å². The molecule has 0 saturated heterocycles. The molecule has 0 aromatic carbocycles. The Morgan fingerprint density at radius 3 is 2.67 bits per heavy atom. The van der Waals surface area contributed by atoms with Crippen LogP contribution in [0.3, 0.4) is 0 Å². The van der Waals surface area contributed by atoms with E-state index < -0.39 is 5.91 Å². The highest BCUT2D eigenvalue weighted by Crippen LogP contribution is 2.19. The number of nitrogens with two attached hydrogens (primary N) is 1. The van der Waals surface area contributed by atoms with Gasteiger partial charge in [0.2, 0.25) is 0 Å². The molecule has 66 valence electrons. The van der Waals surface area contributed by atoms with Gasteiger partial charge in [-0.15, -0.1) is 0 Å². The van der Waals surface area contributed by atoms with Crippen LogP contribution in [0.25, 0.3) is 0 Å². The Labute approximate surface area is 75.6 Å². The first-order chi connectivity index (χ1) is 5.63. The lowest BCUT2D eigenvalue weighted by atomic mass is 10.3. The van der Waals surface area contributed by atoms with Crippen molar-refractivity contribution in [2.24, 2.45) is 5.73 Å². The molecule has 1 amide bonds. The summed E-state index contributed by atoms with van der Waals surface area (Å²) < 4.78 is 4.93. The van der Waals surface area contributed by atoms with Gasteiger partial charge in [0.05, 0.1) is 6.61 Å². The highest BCUT2D eigenvalue weighted by Gasteiger charge is 2.08. The Balaban J connectivity index is 4.42. The first-order valence-corrected chi connectivity index (χ1v) is 4.07. The minimum Gasteiger partial charge on any atom is -0.365 e. The molecular formula is C7H10N2O2S. The van der Waals surface area contributed by atoms with Crippen molar-refractivity contribution in [2.75, 3.05) is 6.61 Å². The number of carbonyl (C=O) groups excluding carboxylic acids is 1. The summed E-state index contributed by atoms with van der Waals surface area (Å²) in [5.74, 6) is -0.720. The number of amides is 1. The van der Waals surface area contributed by atoms with Gasteiger partial charge in [-0.2, -0.15) is 5.26 Å². The average Bonchev–Trinajstić information content (AvgIpc) is 2.01. The Morgan fingerprint density at radius 1 is 1.75 bits per heavy atom. The summed E-state index contributed by atoms with van der Waals surface area (Å²) in [5.41, 5.74) is 4.88. The highest BCUT2D eigenvalue weighted by molar-refractivity contribution is 7.98. The zero-order valence-electron chi connectivity index (χ0n) is 6.96. The van der Waals surface area contributed by atoms with Gasteiger partial charge in [-0.1, -0.05) is 0 Å². The maximum atomic E-state index is 10.6. The van der Waals surface area contributed by atoms with Crippen LogP contribution in [0.5, 0.6) is 0 Å². The number of allylic oxidation sites excluding steroid dienone is 1. The number of primary amides is 1. The molecule has 0 spiro atoms. The summed E-state index contributed by atoms with van der Waals surface area (Å²) >= 11 is 0.994. The van der Waals surface area contributed by atoms with Gasteiger partial charge >= 0.3 is 0 Å². The summed E-state index contributed by atoms with van der Waals surface area (Å²) in [7, 11) is 0. The fraction of sp³-hybridized carbons (Fsp3) is 0.429. The van der Waals surface area contributed by atoms with Crippen LogP contribution in [0.15, 0.2) is 10.5 Å². The van der Waals surface area contributed by atoms with E-state index in [9.17, 15) is 4.79 Å². The summed E-state index contributed by atoms with van der Waals surface area (Å²) in [6.07, 6.45) is 0. The van der Waals surface area contributed by atoms with E-state index in [0.29, 0.717) is 11.5 Å². The van der Waals surface area contributed by atoms with E-state index in [1.54, 1.807) is 13.0 Å². The predicted octanol–water partition coefficient (Wildman–Crippen LogP) is 0.954. The van der Waals surface area contributed by atoms with Crippen molar-refractivity contribution in [1.82, 2.24) is 0 Å². The Kier molecular flexibility index (Phi) is 5.17. The SMILES string of the molecule is CCOS/C(C)=C(/C#N)C(N)=O. The minimum atomic E-state index is -0.720. The fourth-order valence-electron chi connectivity index (χ4n) is 0.496. The molecule has 0 aliphatic rings. The van der Waals surface area contributed by atoms with Crippen molar-refractivity contribution in [3.63, 3.8) is 0 Å². The number of nitrogens with zero attached hydrogens (tertiary/aromatic N) is 1. The number of hydrogen-bond donors (Lipinski definition) is 1. The lowest BCUT2D eigenvalue weighted by Crippen LogP contribution is -2.13. The van der Waals surface area contributed by atoms with E-state index in [-0.39, 0.29) is 5.57 Å². The van der Waals surface area contributed by atoms with Gasteiger partial charge in [-0.25, -0.2) is 0 Å². The van der Waals surface area contributed by atoms with E-state index >= 15 is 0 Å². The zero-order chi connectivity index (χ0) is 9.56. The molecule has 0 aromatic heterocycles. The second kappa shape index (κ2) is 5.63. The van der Waals surface area contributed by atoms with Crippen LogP contribution in [0, 0.1) is 11.3 Å². The molecule has 2 N–H and O–H groups in total. The number of rotatable bonds is 4. The average molecular weight is 186 g/mol. The monoisotopic (exact) mass is 186 g/mol. The molecule has 0 rings (SSSR count). The minimum absolute atomic E-state index is 0.0477. The molecule has 0 radical (unpaired) electrons. The van der Waals surface area contributed by atoms with Crippen molar-refractivity contribution in [3.8, 4) is 6.07 Å². The van der Waals surface area contributed by atoms with E-state index in [4.69, 9.17) is 15.2 Å². The summed E-state index contributed by atoms with van der Waals surface area (Å²) in [4.78, 5) is 11.1. The Morgan fingerprint density at radius 2 is 2.33 bits per heavy atom. The van der Waals surface area contributed by atoms with E-state index in [1.807, 2.05) is 6.92 Å². The van der Waals surface area contributed by atoms with E-state index in [1.165, 1.54) is 0 Å². The van der Waals surface area contributed by atoms with Crippen LogP contribution in [0.1, 0.15) is 13.8 Å². The second-order valence-electron chi connectivity index (χ2n) is 1.90. The highest BCUT2D eigenvalue weighted by atomic mass is 32.2. The summed E-state index contributed by atoms with van der Waals surface area (Å²) in [6, 6.07) is 1.71. The third kappa shape index (κ3) is 3.42. The van der Waals surface area contributed by atoms with Gasteiger partial charge in [-0.3, -0.25) is 4.79 Å². The Hall–Kier alpha value is -0.990. The van der Waals surface area contributed by atoms with Crippen LogP contribution in [0.4, 0.5) is 0 Å². The van der Waals surface area contributed by atoms with Crippen molar-refractivity contribution in [3.05, 3.63) is 10.5 Å². The molecule has 12 heavy (non-hydrogen) atoms. The normalized spacial score (nSPS) is 11.8. The Bertz CT molecular complexity index is 242. The van der Waals surface area contributed by atoms with Gasteiger partial charge in [0.15, 0.2) is 0 Å². The van der Waals surface area contributed by atoms with Crippen molar-refractivity contribution in [1.29, 1.82) is 5.26 Å². The molecule has 0 atom stereocenters. The van der Waals surface area contributed by atoms with Crippen LogP contribution in [-0.4, -0.2) is 12.5 Å².